The third-order valence-corrected chi connectivity index (χ3v) is 5.32. The molecule has 0 radical (unpaired) electrons. The van der Waals surface area contributed by atoms with Crippen LogP contribution in [0.15, 0.2) is 30.3 Å². The number of amides is 1. The molecule has 2 fully saturated rings. The van der Waals surface area contributed by atoms with E-state index in [0.717, 1.165) is 18.4 Å². The lowest BCUT2D eigenvalue weighted by Crippen LogP contribution is -2.57. The summed E-state index contributed by atoms with van der Waals surface area (Å²) in [6, 6.07) is 11.1. The number of hydrogen-bond acceptors (Lipinski definition) is 3. The molecule has 0 saturated carbocycles. The second-order valence-electron chi connectivity index (χ2n) is 6.88. The lowest BCUT2D eigenvalue weighted by molar-refractivity contribution is -0.123. The lowest BCUT2D eigenvalue weighted by Gasteiger charge is -2.47. The van der Waals surface area contributed by atoms with Crippen LogP contribution in [-0.4, -0.2) is 42.0 Å². The van der Waals surface area contributed by atoms with Crippen molar-refractivity contribution in [3.05, 3.63) is 35.9 Å². The number of benzene rings is 1. The fraction of sp³-hybridized carbons (Fsp3) is 0.611. The Bertz CT molecular complexity index is 490. The molecule has 2 aliphatic rings. The maximum absolute atomic E-state index is 12.4. The summed E-state index contributed by atoms with van der Waals surface area (Å²) in [6.07, 6.45) is 6.58. The number of fused-ring (bicyclic) bond motifs is 2. The molecule has 0 aliphatic carbocycles. The minimum absolute atomic E-state index is 0.00326. The van der Waals surface area contributed by atoms with Crippen LogP contribution in [0.1, 0.15) is 37.7 Å². The van der Waals surface area contributed by atoms with Gasteiger partial charge in [-0.1, -0.05) is 36.8 Å². The number of rotatable bonds is 4. The highest BCUT2D eigenvalue weighted by atomic mass is 16.2. The van der Waals surface area contributed by atoms with Crippen LogP contribution in [-0.2, 0) is 11.2 Å². The predicted molar refractivity (Wildman–Crippen MR) is 88.5 cm³/mol. The average molecular weight is 301 g/mol. The number of nitrogens with zero attached hydrogens (tertiary/aromatic N) is 1. The molecule has 4 nitrogen and oxygen atoms in total. The molecule has 1 aromatic rings. The molecule has 2 saturated heterocycles. The van der Waals surface area contributed by atoms with E-state index in [1.807, 2.05) is 30.3 Å². The first kappa shape index (κ1) is 15.5. The van der Waals surface area contributed by atoms with Crippen molar-refractivity contribution in [1.29, 1.82) is 0 Å². The number of nitrogens with one attached hydrogen (secondary N) is 1. The number of carbonyl (C=O) groups is 1. The first-order valence-electron chi connectivity index (χ1n) is 8.45. The molecule has 0 spiro atoms. The Hall–Kier alpha value is -1.39. The second-order valence-corrected chi connectivity index (χ2v) is 6.88. The van der Waals surface area contributed by atoms with E-state index in [4.69, 9.17) is 5.73 Å². The van der Waals surface area contributed by atoms with Crippen LogP contribution in [0, 0.1) is 0 Å². The summed E-state index contributed by atoms with van der Waals surface area (Å²) in [5, 5.41) is 3.20. The van der Waals surface area contributed by atoms with Gasteiger partial charge in [-0.3, -0.25) is 4.79 Å². The van der Waals surface area contributed by atoms with Gasteiger partial charge in [0.2, 0.25) is 5.91 Å². The summed E-state index contributed by atoms with van der Waals surface area (Å²) < 4.78 is 0. The van der Waals surface area contributed by atoms with Crippen LogP contribution in [0.5, 0.6) is 0 Å². The molecule has 22 heavy (non-hydrogen) atoms. The quantitative estimate of drug-likeness (QED) is 0.890. The first-order chi connectivity index (χ1) is 10.6. The van der Waals surface area contributed by atoms with Crippen molar-refractivity contribution in [1.82, 2.24) is 10.2 Å². The molecule has 3 rings (SSSR count). The van der Waals surface area contributed by atoms with Crippen LogP contribution >= 0.6 is 0 Å². The zero-order chi connectivity index (χ0) is 15.5. The van der Waals surface area contributed by atoms with Gasteiger partial charge in [0.25, 0.3) is 0 Å². The van der Waals surface area contributed by atoms with Crippen LogP contribution in [0.3, 0.4) is 0 Å². The summed E-state index contributed by atoms with van der Waals surface area (Å²) in [5.41, 5.74) is 7.20. The highest BCUT2D eigenvalue weighted by molar-refractivity contribution is 5.82. The van der Waals surface area contributed by atoms with Gasteiger partial charge in [0.05, 0.1) is 6.04 Å². The molecule has 120 valence electrons. The van der Waals surface area contributed by atoms with Crippen molar-refractivity contribution in [3.8, 4) is 0 Å². The van der Waals surface area contributed by atoms with Crippen molar-refractivity contribution in [2.45, 2.75) is 62.7 Å². The van der Waals surface area contributed by atoms with Gasteiger partial charge in [0.1, 0.15) is 0 Å². The monoisotopic (exact) mass is 301 g/mol. The molecule has 3 atom stereocenters. The van der Waals surface area contributed by atoms with Gasteiger partial charge in [0, 0.05) is 18.1 Å². The Balaban J connectivity index is 1.53. The predicted octanol–water partition coefficient (Wildman–Crippen LogP) is 1.69. The SMILES string of the molecule is CN1C2CCCC1CC(NC(=O)[C@@H](N)Cc1ccccc1)C2. The van der Waals surface area contributed by atoms with Crippen molar-refractivity contribution < 1.29 is 4.79 Å². The first-order valence-corrected chi connectivity index (χ1v) is 8.45. The fourth-order valence-corrected chi connectivity index (χ4v) is 4.00. The summed E-state index contributed by atoms with van der Waals surface area (Å²) in [4.78, 5) is 14.9. The van der Waals surface area contributed by atoms with E-state index in [2.05, 4.69) is 17.3 Å². The van der Waals surface area contributed by atoms with Gasteiger partial charge in [-0.05, 0) is 44.7 Å². The topological polar surface area (TPSA) is 58.4 Å². The molecule has 2 heterocycles. The van der Waals surface area contributed by atoms with E-state index in [1.165, 1.54) is 19.3 Å². The smallest absolute Gasteiger partial charge is 0.237 e. The molecular formula is C18H27N3O. The Kier molecular flexibility index (Phi) is 4.79. The van der Waals surface area contributed by atoms with Crippen molar-refractivity contribution in [3.63, 3.8) is 0 Å². The summed E-state index contributed by atoms with van der Waals surface area (Å²) in [7, 11) is 2.23. The zero-order valence-electron chi connectivity index (χ0n) is 13.4. The normalized spacial score (nSPS) is 29.8. The highest BCUT2D eigenvalue weighted by Crippen LogP contribution is 2.32. The third-order valence-electron chi connectivity index (χ3n) is 5.32. The van der Waals surface area contributed by atoms with Gasteiger partial charge in [-0.2, -0.15) is 0 Å². The molecular weight excluding hydrogens is 274 g/mol. The molecule has 1 aromatic carbocycles. The van der Waals surface area contributed by atoms with Crippen LogP contribution in [0.2, 0.25) is 0 Å². The zero-order valence-corrected chi connectivity index (χ0v) is 13.4. The minimum atomic E-state index is -0.457. The average Bonchev–Trinajstić information content (AvgIpc) is 2.49. The molecule has 4 heteroatoms. The van der Waals surface area contributed by atoms with Gasteiger partial charge in [-0.15, -0.1) is 0 Å². The van der Waals surface area contributed by atoms with E-state index in [0.29, 0.717) is 24.5 Å². The van der Waals surface area contributed by atoms with Crippen LogP contribution < -0.4 is 11.1 Å². The Morgan fingerprint density at radius 2 is 1.91 bits per heavy atom. The molecule has 0 aromatic heterocycles. The molecule has 3 N–H and O–H groups in total. The van der Waals surface area contributed by atoms with Crippen molar-refractivity contribution in [2.24, 2.45) is 5.73 Å². The van der Waals surface area contributed by atoms with Crippen molar-refractivity contribution in [2.75, 3.05) is 7.05 Å². The van der Waals surface area contributed by atoms with Crippen LogP contribution in [0.25, 0.3) is 0 Å². The van der Waals surface area contributed by atoms with E-state index < -0.39 is 6.04 Å². The van der Waals surface area contributed by atoms with Gasteiger partial charge in [-0.25, -0.2) is 0 Å². The molecule has 1 amide bonds. The van der Waals surface area contributed by atoms with E-state index in [-0.39, 0.29) is 5.91 Å². The van der Waals surface area contributed by atoms with Gasteiger partial charge >= 0.3 is 0 Å². The number of nitrogens with two attached hydrogens (primary N) is 1. The lowest BCUT2D eigenvalue weighted by atomic mass is 9.82. The summed E-state index contributed by atoms with van der Waals surface area (Å²) in [6.45, 7) is 0. The molecule has 2 bridgehead atoms. The number of carbonyl (C=O) groups excluding carboxylic acids is 1. The molecule has 2 aliphatic heterocycles. The van der Waals surface area contributed by atoms with Gasteiger partial charge < -0.3 is 16.0 Å². The Morgan fingerprint density at radius 3 is 2.55 bits per heavy atom. The maximum atomic E-state index is 12.4. The van der Waals surface area contributed by atoms with E-state index >= 15 is 0 Å². The third kappa shape index (κ3) is 3.50. The fourth-order valence-electron chi connectivity index (χ4n) is 4.00. The van der Waals surface area contributed by atoms with E-state index in [9.17, 15) is 4.79 Å². The summed E-state index contributed by atoms with van der Waals surface area (Å²) in [5.74, 6) is -0.00326. The standard InChI is InChI=1S/C18H27N3O/c1-21-15-8-5-9-16(21)12-14(11-15)20-18(22)17(19)10-13-6-3-2-4-7-13/h2-4,6-7,14-17H,5,8-12,19H2,1H3,(H,20,22)/t14?,15?,16?,17-/m0/s1. The number of piperidine rings is 2. The summed E-state index contributed by atoms with van der Waals surface area (Å²) >= 11 is 0. The molecule has 2 unspecified atom stereocenters. The second kappa shape index (κ2) is 6.80. The Morgan fingerprint density at radius 1 is 1.27 bits per heavy atom. The van der Waals surface area contributed by atoms with Crippen LogP contribution in [0.4, 0.5) is 0 Å². The van der Waals surface area contributed by atoms with Crippen molar-refractivity contribution >= 4 is 5.91 Å². The van der Waals surface area contributed by atoms with Gasteiger partial charge in [0.15, 0.2) is 0 Å². The Labute approximate surface area is 133 Å². The largest absolute Gasteiger partial charge is 0.352 e. The van der Waals surface area contributed by atoms with E-state index in [1.54, 1.807) is 0 Å². The highest BCUT2D eigenvalue weighted by Gasteiger charge is 2.36. The number of hydrogen-bond donors (Lipinski definition) is 2. The minimum Gasteiger partial charge on any atom is -0.352 e. The maximum Gasteiger partial charge on any atom is 0.237 e.